The summed E-state index contributed by atoms with van der Waals surface area (Å²) in [7, 11) is 0. The van der Waals surface area contributed by atoms with Crippen LogP contribution < -0.4 is 0 Å². The third kappa shape index (κ3) is 2.65. The summed E-state index contributed by atoms with van der Waals surface area (Å²) in [6.45, 7) is 2.02. The Bertz CT molecular complexity index is 1120. The lowest BCUT2D eigenvalue weighted by atomic mass is 9.44. The molecule has 31 heavy (non-hydrogen) atoms. The molecule has 8 atom stereocenters. The first-order valence-electron chi connectivity index (χ1n) is 13.0. The van der Waals surface area contributed by atoms with Gasteiger partial charge in [0.05, 0.1) is 10.2 Å². The van der Waals surface area contributed by atoms with Crippen LogP contribution in [0.2, 0.25) is 0 Å². The van der Waals surface area contributed by atoms with E-state index in [0.29, 0.717) is 0 Å². The van der Waals surface area contributed by atoms with E-state index in [-0.39, 0.29) is 12.0 Å². The summed E-state index contributed by atoms with van der Waals surface area (Å²) in [6.07, 6.45) is -2.92. The maximum Gasteiger partial charge on any atom is 0.303 e. The van der Waals surface area contributed by atoms with E-state index in [1.807, 2.05) is 0 Å². The van der Waals surface area contributed by atoms with Crippen molar-refractivity contribution in [2.75, 3.05) is 6.56 Å². The number of carbonyl (C=O) groups excluding carboxylic acids is 3. The molecule has 0 spiro atoms. The average Bonchev–Trinajstić information content (AvgIpc) is 2.93. The van der Waals surface area contributed by atoms with E-state index < -0.39 is 95.3 Å². The summed E-state index contributed by atoms with van der Waals surface area (Å²) in [5.41, 5.74) is -8.77. The summed E-state index contributed by atoms with van der Waals surface area (Å²) in [5, 5.41) is 23.2. The summed E-state index contributed by atoms with van der Waals surface area (Å²) in [4.78, 5) is 37.0. The number of allylic oxidation sites excluding steroid dienone is 4. The SMILES string of the molecule is [2H]C1=C2C([2H])([2H])C[C@H]3[C@@H]4C[C@@H](C)[C@](O)(C(=O)C([2H])([2H])OC(C)=O)[C@@]4(C)C[C@H](O)[C@]3(F)[C@@]2(C)C=CC1=O. The lowest BCUT2D eigenvalue weighted by Gasteiger charge is -2.62. The number of hydrogen-bond donors (Lipinski definition) is 2. The number of alkyl halides is 1. The molecule has 0 amide bonds. The second-order valence-corrected chi connectivity index (χ2v) is 9.83. The van der Waals surface area contributed by atoms with Crippen molar-refractivity contribution >= 4 is 17.5 Å². The van der Waals surface area contributed by atoms with Crippen molar-refractivity contribution in [2.45, 2.75) is 70.7 Å². The van der Waals surface area contributed by atoms with E-state index in [0.717, 1.165) is 13.0 Å². The van der Waals surface area contributed by atoms with Crippen LogP contribution in [0.3, 0.4) is 0 Å². The van der Waals surface area contributed by atoms with Crippen molar-refractivity contribution in [3.05, 3.63) is 23.8 Å². The molecular formula is C24H31FO6. The molecule has 0 radical (unpaired) electrons. The summed E-state index contributed by atoms with van der Waals surface area (Å²) < 4.78 is 63.6. The number of halogens is 1. The lowest BCUT2D eigenvalue weighted by Crippen LogP contribution is -2.69. The predicted octanol–water partition coefficient (Wildman–Crippen LogP) is 2.47. The molecule has 3 fully saturated rings. The van der Waals surface area contributed by atoms with Crippen LogP contribution in [0.4, 0.5) is 4.39 Å². The van der Waals surface area contributed by atoms with Gasteiger partial charge in [0.25, 0.3) is 0 Å². The maximum atomic E-state index is 17.4. The molecule has 0 aromatic heterocycles. The monoisotopic (exact) mass is 439 g/mol. The van der Waals surface area contributed by atoms with Gasteiger partial charge in [0.2, 0.25) is 5.78 Å². The zero-order valence-corrected chi connectivity index (χ0v) is 18.0. The summed E-state index contributed by atoms with van der Waals surface area (Å²) >= 11 is 0. The molecular weight excluding hydrogens is 403 g/mol. The van der Waals surface area contributed by atoms with Crippen LogP contribution in [-0.2, 0) is 19.1 Å². The van der Waals surface area contributed by atoms with Crippen molar-refractivity contribution in [1.82, 2.24) is 0 Å². The van der Waals surface area contributed by atoms with Gasteiger partial charge in [-0.25, -0.2) is 4.39 Å². The number of Topliss-reactive ketones (excluding diaryl/α,β-unsaturated/α-hetero) is 1. The van der Waals surface area contributed by atoms with Crippen LogP contribution in [0.25, 0.3) is 0 Å². The standard InChI is InChI=1S/C24H31FO6/c1-13-9-18-17-6-5-15-10-16(27)7-8-21(15,3)23(17,25)19(28)11-22(18,4)24(13,30)20(29)12-31-14(2)26/h7-8,10,13,17-19,28,30H,5-6,9,11-12H2,1-4H3/t13-,17+,18+,19+,21+,22+,23+,24+/m1/s1/i5D2,10D,12D2. The molecule has 7 heteroatoms. The third-order valence-corrected chi connectivity index (χ3v) is 8.40. The highest BCUT2D eigenvalue weighted by atomic mass is 19.1. The predicted molar refractivity (Wildman–Crippen MR) is 109 cm³/mol. The average molecular weight is 440 g/mol. The maximum absolute atomic E-state index is 17.4. The molecule has 0 aromatic carbocycles. The molecule has 0 bridgehead atoms. The fourth-order valence-corrected chi connectivity index (χ4v) is 6.74. The number of ether oxygens (including phenoxy) is 1. The minimum Gasteiger partial charge on any atom is -0.458 e. The minimum atomic E-state index is -3.18. The molecule has 6 nitrogen and oxygen atoms in total. The second-order valence-electron chi connectivity index (χ2n) is 9.83. The zero-order chi connectivity index (χ0) is 27.4. The number of rotatable bonds is 3. The highest BCUT2D eigenvalue weighted by Gasteiger charge is 2.75. The molecule has 0 aromatic rings. The Morgan fingerprint density at radius 2 is 2.10 bits per heavy atom. The number of aliphatic hydroxyl groups is 2. The van der Waals surface area contributed by atoms with Crippen LogP contribution in [-0.4, -0.2) is 51.7 Å². The molecule has 0 saturated heterocycles. The molecule has 4 rings (SSSR count). The van der Waals surface area contributed by atoms with Gasteiger partial charge in [0, 0.05) is 26.4 Å². The Hall–Kier alpha value is -1.86. The normalized spacial score (nSPS) is 53.1. The van der Waals surface area contributed by atoms with Crippen LogP contribution in [0.15, 0.2) is 23.8 Å². The largest absolute Gasteiger partial charge is 0.458 e. The van der Waals surface area contributed by atoms with Crippen LogP contribution in [0.1, 0.15) is 60.2 Å². The van der Waals surface area contributed by atoms with E-state index in [2.05, 4.69) is 4.74 Å². The Labute approximate surface area is 188 Å². The smallest absolute Gasteiger partial charge is 0.303 e. The van der Waals surface area contributed by atoms with Crippen LogP contribution in [0.5, 0.6) is 0 Å². The van der Waals surface area contributed by atoms with Gasteiger partial charge in [-0.05, 0) is 56.5 Å². The Morgan fingerprint density at radius 1 is 1.42 bits per heavy atom. The minimum absolute atomic E-state index is 0.0134. The van der Waals surface area contributed by atoms with Gasteiger partial charge in [-0.1, -0.05) is 25.5 Å². The summed E-state index contributed by atoms with van der Waals surface area (Å²) in [5.74, 6) is -6.31. The van der Waals surface area contributed by atoms with Gasteiger partial charge < -0.3 is 14.9 Å². The van der Waals surface area contributed by atoms with Gasteiger partial charge in [-0.15, -0.1) is 0 Å². The van der Waals surface area contributed by atoms with Crippen LogP contribution in [0, 0.1) is 28.6 Å². The van der Waals surface area contributed by atoms with Gasteiger partial charge in [-0.2, -0.15) is 0 Å². The Kier molecular flexibility index (Phi) is 3.68. The van der Waals surface area contributed by atoms with Crippen molar-refractivity contribution < 1.29 is 40.6 Å². The molecule has 2 N–H and O–H groups in total. The summed E-state index contributed by atoms with van der Waals surface area (Å²) in [6, 6.07) is -0.651. The van der Waals surface area contributed by atoms with Gasteiger partial charge in [-0.3, -0.25) is 14.4 Å². The molecule has 4 aliphatic carbocycles. The van der Waals surface area contributed by atoms with Crippen LogP contribution >= 0.6 is 0 Å². The molecule has 0 heterocycles. The van der Waals surface area contributed by atoms with E-state index in [1.165, 1.54) is 26.8 Å². The molecule has 0 unspecified atom stereocenters. The molecule has 170 valence electrons. The first-order valence-corrected chi connectivity index (χ1v) is 10.5. The molecule has 0 aliphatic heterocycles. The molecule has 3 saturated carbocycles. The number of hydrogen-bond acceptors (Lipinski definition) is 6. The Balaban J connectivity index is 1.88. The van der Waals surface area contributed by atoms with E-state index in [9.17, 15) is 24.6 Å². The fraction of sp³-hybridized carbons (Fsp3) is 0.708. The highest BCUT2D eigenvalue weighted by molar-refractivity contribution is 6.01. The van der Waals surface area contributed by atoms with Gasteiger partial charge in [0.1, 0.15) is 5.60 Å². The van der Waals surface area contributed by atoms with Crippen molar-refractivity contribution in [2.24, 2.45) is 28.6 Å². The van der Waals surface area contributed by atoms with Crippen molar-refractivity contribution in [3.63, 3.8) is 0 Å². The fourth-order valence-electron chi connectivity index (χ4n) is 6.74. The van der Waals surface area contributed by atoms with Gasteiger partial charge in [0.15, 0.2) is 18.0 Å². The van der Waals surface area contributed by atoms with Crippen molar-refractivity contribution in [1.29, 1.82) is 0 Å². The van der Waals surface area contributed by atoms with Crippen molar-refractivity contribution in [3.8, 4) is 0 Å². The van der Waals surface area contributed by atoms with E-state index in [1.54, 1.807) is 0 Å². The Morgan fingerprint density at radius 3 is 2.74 bits per heavy atom. The number of esters is 1. The number of carbonyl (C=O) groups is 3. The number of fused-ring (bicyclic) bond motifs is 5. The zero-order valence-electron chi connectivity index (χ0n) is 23.0. The quantitative estimate of drug-likeness (QED) is 0.655. The third-order valence-electron chi connectivity index (χ3n) is 8.40. The first kappa shape index (κ1) is 16.7. The topological polar surface area (TPSA) is 101 Å². The first-order chi connectivity index (χ1) is 16.2. The molecule has 4 aliphatic rings. The second kappa shape index (κ2) is 6.82. The lowest BCUT2D eigenvalue weighted by molar-refractivity contribution is -0.219. The highest BCUT2D eigenvalue weighted by Crippen LogP contribution is 2.70. The van der Waals surface area contributed by atoms with E-state index in [4.69, 9.17) is 6.85 Å². The van der Waals surface area contributed by atoms with Gasteiger partial charge >= 0.3 is 5.97 Å². The van der Waals surface area contributed by atoms with E-state index >= 15 is 4.39 Å². The number of aliphatic hydroxyl groups excluding tert-OH is 1. The number of ketones is 2.